The van der Waals surface area contributed by atoms with Gasteiger partial charge in [-0.1, -0.05) is 0 Å². The van der Waals surface area contributed by atoms with Gasteiger partial charge < -0.3 is 4.90 Å². The highest BCUT2D eigenvalue weighted by atomic mass is 32.1. The van der Waals surface area contributed by atoms with E-state index >= 15 is 0 Å². The first-order valence-corrected chi connectivity index (χ1v) is 9.59. The summed E-state index contributed by atoms with van der Waals surface area (Å²) < 4.78 is 19.6. The van der Waals surface area contributed by atoms with Crippen molar-refractivity contribution in [1.82, 2.24) is 29.0 Å². The number of rotatable bonds is 2. The van der Waals surface area contributed by atoms with Crippen LogP contribution in [0.1, 0.15) is 47.8 Å². The molecule has 3 heterocycles. The summed E-state index contributed by atoms with van der Waals surface area (Å²) in [4.78, 5) is 19.3. The van der Waals surface area contributed by atoms with Crippen molar-refractivity contribution < 1.29 is 9.18 Å². The smallest absolute Gasteiger partial charge is 0.254 e. The predicted octanol–water partition coefficient (Wildman–Crippen LogP) is 2.95. The van der Waals surface area contributed by atoms with E-state index in [4.69, 9.17) is 0 Å². The van der Waals surface area contributed by atoms with Crippen molar-refractivity contribution in [3.05, 3.63) is 47.3 Å². The monoisotopic (exact) mass is 384 g/mol. The molecule has 1 aliphatic carbocycles. The summed E-state index contributed by atoms with van der Waals surface area (Å²) in [5.41, 5.74) is 0.294. The van der Waals surface area contributed by atoms with Crippen molar-refractivity contribution in [1.29, 1.82) is 0 Å². The van der Waals surface area contributed by atoms with E-state index in [1.165, 1.54) is 35.8 Å². The molecule has 0 N–H and O–H groups in total. The molecule has 0 saturated heterocycles. The summed E-state index contributed by atoms with van der Waals surface area (Å²) in [7, 11) is 0. The average Bonchev–Trinajstić information content (AvgIpc) is 3.06. The highest BCUT2D eigenvalue weighted by Crippen LogP contribution is 2.51. The molecule has 1 aliphatic heterocycles. The largest absolute Gasteiger partial charge is 0.326 e. The summed E-state index contributed by atoms with van der Waals surface area (Å²) in [6, 6.07) is 5.45. The Labute approximate surface area is 159 Å². The first-order chi connectivity index (χ1) is 13.0. The first kappa shape index (κ1) is 16.5. The van der Waals surface area contributed by atoms with Crippen LogP contribution in [0.15, 0.2) is 24.3 Å². The van der Waals surface area contributed by atoms with Crippen LogP contribution in [0, 0.1) is 12.7 Å². The van der Waals surface area contributed by atoms with E-state index in [0.717, 1.165) is 29.5 Å². The second kappa shape index (κ2) is 5.66. The van der Waals surface area contributed by atoms with Crippen molar-refractivity contribution in [3.8, 4) is 10.8 Å². The minimum atomic E-state index is -0.353. The summed E-state index contributed by atoms with van der Waals surface area (Å²) in [5.74, 6) is 1.74. The molecule has 1 atom stereocenters. The third-order valence-electron chi connectivity index (χ3n) is 5.37. The van der Waals surface area contributed by atoms with Gasteiger partial charge in [-0.25, -0.2) is 9.37 Å². The maximum atomic E-state index is 13.2. The number of aromatic nitrogens is 5. The van der Waals surface area contributed by atoms with Crippen LogP contribution < -0.4 is 0 Å². The van der Waals surface area contributed by atoms with Crippen LogP contribution in [0.3, 0.4) is 0 Å². The fourth-order valence-electron chi connectivity index (χ4n) is 3.76. The van der Waals surface area contributed by atoms with E-state index in [9.17, 15) is 9.18 Å². The number of nitrogens with zero attached hydrogens (tertiary/aromatic N) is 6. The Bertz CT molecular complexity index is 1040. The highest BCUT2D eigenvalue weighted by Gasteiger charge is 2.54. The zero-order valence-corrected chi connectivity index (χ0v) is 15.7. The summed E-state index contributed by atoms with van der Waals surface area (Å²) in [6.45, 7) is 4.39. The maximum absolute atomic E-state index is 13.2. The zero-order chi connectivity index (χ0) is 18.8. The fourth-order valence-corrected chi connectivity index (χ4v) is 4.40. The molecule has 1 amide bonds. The van der Waals surface area contributed by atoms with Gasteiger partial charge in [-0.05, 0) is 62.5 Å². The predicted molar refractivity (Wildman–Crippen MR) is 96.7 cm³/mol. The molecule has 3 aromatic rings. The van der Waals surface area contributed by atoms with E-state index in [2.05, 4.69) is 24.1 Å². The Morgan fingerprint density at radius 2 is 2.00 bits per heavy atom. The second-order valence-electron chi connectivity index (χ2n) is 7.20. The molecule has 1 spiro atoms. The Morgan fingerprint density at radius 3 is 2.63 bits per heavy atom. The van der Waals surface area contributed by atoms with Crippen molar-refractivity contribution in [2.24, 2.45) is 0 Å². The number of aryl methyl sites for hydroxylation is 1. The van der Waals surface area contributed by atoms with Crippen molar-refractivity contribution in [3.63, 3.8) is 0 Å². The van der Waals surface area contributed by atoms with Gasteiger partial charge in [0.2, 0.25) is 0 Å². The molecule has 5 rings (SSSR count). The number of amides is 1. The fraction of sp³-hybridized carbons (Fsp3) is 0.389. The number of carbonyl (C=O) groups is 1. The molecule has 2 aromatic heterocycles. The van der Waals surface area contributed by atoms with E-state index in [-0.39, 0.29) is 23.3 Å². The van der Waals surface area contributed by atoms with Crippen LogP contribution >= 0.6 is 11.5 Å². The molecule has 1 aromatic carbocycles. The van der Waals surface area contributed by atoms with E-state index < -0.39 is 0 Å². The topological polar surface area (TPSA) is 76.8 Å². The SMILES string of the molecule is Cc1nsc(-c2nnc3n2C2(CC2)CN(C(=O)c2ccc(F)cc2)[C@@H]3C)n1. The van der Waals surface area contributed by atoms with Gasteiger partial charge in [-0.15, -0.1) is 10.2 Å². The number of fused-ring (bicyclic) bond motifs is 2. The maximum Gasteiger partial charge on any atom is 0.254 e. The molecule has 27 heavy (non-hydrogen) atoms. The molecule has 7 nitrogen and oxygen atoms in total. The average molecular weight is 384 g/mol. The lowest BCUT2D eigenvalue weighted by Gasteiger charge is -2.39. The normalized spacial score (nSPS) is 20.0. The zero-order valence-electron chi connectivity index (χ0n) is 14.9. The standard InChI is InChI=1S/C18H17FN6OS/c1-10-14-21-22-15(16-20-11(2)23-27-16)25(14)18(7-8-18)9-24(10)17(26)12-3-5-13(19)6-4-12/h3-6,10H,7-9H2,1-2H3/t10-/m1/s1. The molecule has 2 aliphatic rings. The molecule has 0 radical (unpaired) electrons. The summed E-state index contributed by atoms with van der Waals surface area (Å²) in [6.07, 6.45) is 1.92. The van der Waals surface area contributed by atoms with Crippen molar-refractivity contribution in [2.75, 3.05) is 6.54 Å². The van der Waals surface area contributed by atoms with Crippen molar-refractivity contribution in [2.45, 2.75) is 38.3 Å². The van der Waals surface area contributed by atoms with Gasteiger partial charge in [-0.2, -0.15) is 4.37 Å². The third kappa shape index (κ3) is 2.48. The minimum absolute atomic E-state index is 0.115. The molecule has 0 bridgehead atoms. The number of halogens is 1. The molecule has 0 unspecified atom stereocenters. The molecular formula is C18H17FN6OS. The van der Waals surface area contributed by atoms with Gasteiger partial charge in [0.25, 0.3) is 5.91 Å². The van der Waals surface area contributed by atoms with E-state index in [1.807, 2.05) is 18.7 Å². The quantitative estimate of drug-likeness (QED) is 0.679. The Hall–Kier alpha value is -2.68. The van der Waals surface area contributed by atoms with Crippen LogP contribution in [-0.4, -0.2) is 41.5 Å². The lowest BCUT2D eigenvalue weighted by molar-refractivity contribution is 0.0573. The lowest BCUT2D eigenvalue weighted by Crippen LogP contribution is -2.47. The number of carbonyl (C=O) groups excluding carboxylic acids is 1. The van der Waals surface area contributed by atoms with Crippen LogP contribution in [-0.2, 0) is 5.54 Å². The Balaban J connectivity index is 1.55. The van der Waals surface area contributed by atoms with Gasteiger partial charge in [0.05, 0.1) is 11.6 Å². The minimum Gasteiger partial charge on any atom is -0.326 e. The van der Waals surface area contributed by atoms with Gasteiger partial charge in [0.15, 0.2) is 16.7 Å². The van der Waals surface area contributed by atoms with Gasteiger partial charge in [0.1, 0.15) is 11.6 Å². The van der Waals surface area contributed by atoms with Crippen LogP contribution in [0.25, 0.3) is 10.8 Å². The third-order valence-corrected chi connectivity index (χ3v) is 6.17. The Kier molecular flexibility index (Phi) is 3.45. The van der Waals surface area contributed by atoms with Gasteiger partial charge in [-0.3, -0.25) is 9.36 Å². The van der Waals surface area contributed by atoms with E-state index in [1.54, 1.807) is 0 Å². The van der Waals surface area contributed by atoms with Crippen LogP contribution in [0.4, 0.5) is 4.39 Å². The molecule has 1 saturated carbocycles. The number of hydrogen-bond donors (Lipinski definition) is 0. The second-order valence-corrected chi connectivity index (χ2v) is 7.96. The number of hydrogen-bond acceptors (Lipinski definition) is 6. The van der Waals surface area contributed by atoms with E-state index in [0.29, 0.717) is 17.9 Å². The molecule has 1 fully saturated rings. The van der Waals surface area contributed by atoms with Crippen molar-refractivity contribution >= 4 is 17.4 Å². The summed E-state index contributed by atoms with van der Waals surface area (Å²) >= 11 is 1.31. The lowest BCUT2D eigenvalue weighted by atomic mass is 10.1. The highest BCUT2D eigenvalue weighted by molar-refractivity contribution is 7.09. The van der Waals surface area contributed by atoms with Crippen LogP contribution in [0.2, 0.25) is 0 Å². The number of benzene rings is 1. The molecule has 9 heteroatoms. The first-order valence-electron chi connectivity index (χ1n) is 8.81. The van der Waals surface area contributed by atoms with Gasteiger partial charge >= 0.3 is 0 Å². The molecular weight excluding hydrogens is 367 g/mol. The van der Waals surface area contributed by atoms with Gasteiger partial charge in [0, 0.05) is 12.1 Å². The summed E-state index contributed by atoms with van der Waals surface area (Å²) in [5, 5.41) is 9.53. The molecule has 138 valence electrons. The van der Waals surface area contributed by atoms with Crippen LogP contribution in [0.5, 0.6) is 0 Å². The Morgan fingerprint density at radius 1 is 1.26 bits per heavy atom.